The first-order valence-electron chi connectivity index (χ1n) is 12.2. The van der Waals surface area contributed by atoms with Gasteiger partial charge in [-0.1, -0.05) is 60.8 Å². The summed E-state index contributed by atoms with van der Waals surface area (Å²) in [6, 6.07) is 20.1. The molecule has 2 heterocycles. The zero-order valence-electron chi connectivity index (χ0n) is 20.1. The van der Waals surface area contributed by atoms with E-state index in [-0.39, 0.29) is 12.1 Å². The van der Waals surface area contributed by atoms with E-state index in [0.717, 1.165) is 55.6 Å². The SMILES string of the molecule is CCCC(NC(=O)c1ccc2c(c1)c1ccccc1n2C)N1CCN(c2cccc(Cl)c2Cl)CC1. The molecule has 1 unspecified atom stereocenters. The van der Waals surface area contributed by atoms with Crippen molar-refractivity contribution in [1.29, 1.82) is 0 Å². The van der Waals surface area contributed by atoms with Gasteiger partial charge in [-0.15, -0.1) is 0 Å². The maximum atomic E-state index is 13.3. The maximum Gasteiger partial charge on any atom is 0.252 e. The van der Waals surface area contributed by atoms with Crippen LogP contribution in [0.25, 0.3) is 21.8 Å². The van der Waals surface area contributed by atoms with E-state index in [1.54, 1.807) is 0 Å². The molecule has 1 aliphatic heterocycles. The van der Waals surface area contributed by atoms with E-state index in [4.69, 9.17) is 23.2 Å². The third-order valence-corrected chi connectivity index (χ3v) is 7.87. The molecule has 1 fully saturated rings. The lowest BCUT2D eigenvalue weighted by Gasteiger charge is -2.40. The summed E-state index contributed by atoms with van der Waals surface area (Å²) in [6.45, 7) is 5.51. The Kier molecular flexibility index (Phi) is 6.92. The second kappa shape index (κ2) is 10.1. The van der Waals surface area contributed by atoms with E-state index >= 15 is 0 Å². The van der Waals surface area contributed by atoms with Gasteiger partial charge >= 0.3 is 0 Å². The number of benzene rings is 3. The van der Waals surface area contributed by atoms with Gasteiger partial charge in [0.25, 0.3) is 5.91 Å². The van der Waals surface area contributed by atoms with E-state index in [1.165, 1.54) is 10.9 Å². The van der Waals surface area contributed by atoms with Crippen LogP contribution in [-0.4, -0.2) is 47.7 Å². The first-order chi connectivity index (χ1) is 17.0. The monoisotopic (exact) mass is 508 g/mol. The number of fused-ring (bicyclic) bond motifs is 3. The normalized spacial score (nSPS) is 15.6. The fourth-order valence-corrected chi connectivity index (χ4v) is 5.59. The van der Waals surface area contributed by atoms with Crippen LogP contribution in [0, 0.1) is 0 Å². The molecule has 1 N–H and O–H groups in total. The number of anilines is 1. The van der Waals surface area contributed by atoms with Gasteiger partial charge in [-0.3, -0.25) is 9.69 Å². The largest absolute Gasteiger partial charge is 0.368 e. The summed E-state index contributed by atoms with van der Waals surface area (Å²) >= 11 is 12.7. The number of hydrogen-bond acceptors (Lipinski definition) is 3. The molecule has 0 spiro atoms. The average Bonchev–Trinajstić information content (AvgIpc) is 3.17. The smallest absolute Gasteiger partial charge is 0.252 e. The van der Waals surface area contributed by atoms with Crippen LogP contribution in [0.3, 0.4) is 0 Å². The molecule has 0 aliphatic carbocycles. The first-order valence-corrected chi connectivity index (χ1v) is 12.9. The molecular weight excluding hydrogens is 479 g/mol. The zero-order valence-corrected chi connectivity index (χ0v) is 21.6. The van der Waals surface area contributed by atoms with Crippen molar-refractivity contribution in [3.63, 3.8) is 0 Å². The molecule has 0 bridgehead atoms. The summed E-state index contributed by atoms with van der Waals surface area (Å²) in [7, 11) is 2.07. The lowest BCUT2D eigenvalue weighted by Crippen LogP contribution is -2.56. The van der Waals surface area contributed by atoms with Crippen molar-refractivity contribution in [2.75, 3.05) is 31.1 Å². The lowest BCUT2D eigenvalue weighted by atomic mass is 10.1. The Balaban J connectivity index is 1.31. The van der Waals surface area contributed by atoms with Gasteiger partial charge in [-0.25, -0.2) is 0 Å². The predicted molar refractivity (Wildman–Crippen MR) is 147 cm³/mol. The van der Waals surface area contributed by atoms with Crippen LogP contribution in [0.5, 0.6) is 0 Å². The number of nitrogens with one attached hydrogen (secondary N) is 1. The van der Waals surface area contributed by atoms with Crippen molar-refractivity contribution in [1.82, 2.24) is 14.8 Å². The maximum absolute atomic E-state index is 13.3. The Morgan fingerprint density at radius 3 is 2.46 bits per heavy atom. The van der Waals surface area contributed by atoms with E-state index < -0.39 is 0 Å². The summed E-state index contributed by atoms with van der Waals surface area (Å²) in [5, 5.41) is 6.76. The Morgan fingerprint density at radius 1 is 0.943 bits per heavy atom. The van der Waals surface area contributed by atoms with Crippen molar-refractivity contribution in [2.45, 2.75) is 25.9 Å². The van der Waals surface area contributed by atoms with Crippen molar-refractivity contribution in [3.8, 4) is 0 Å². The van der Waals surface area contributed by atoms with Gasteiger partial charge in [-0.2, -0.15) is 0 Å². The minimum Gasteiger partial charge on any atom is -0.368 e. The number of piperazine rings is 1. The third-order valence-electron chi connectivity index (χ3n) is 7.06. The summed E-state index contributed by atoms with van der Waals surface area (Å²) < 4.78 is 2.18. The Hall–Kier alpha value is -2.73. The van der Waals surface area contributed by atoms with Crippen LogP contribution in [0.2, 0.25) is 10.0 Å². The topological polar surface area (TPSA) is 40.5 Å². The third kappa shape index (κ3) is 4.61. The van der Waals surface area contributed by atoms with Crippen molar-refractivity contribution in [2.24, 2.45) is 7.05 Å². The molecule has 1 aromatic heterocycles. The number of nitrogens with zero attached hydrogens (tertiary/aromatic N) is 3. The second-order valence-electron chi connectivity index (χ2n) is 9.18. The minimum absolute atomic E-state index is 0.00676. The van der Waals surface area contributed by atoms with Gasteiger partial charge in [0, 0.05) is 60.6 Å². The van der Waals surface area contributed by atoms with Gasteiger partial charge in [0.15, 0.2) is 0 Å². The highest BCUT2D eigenvalue weighted by molar-refractivity contribution is 6.43. The van der Waals surface area contributed by atoms with Crippen molar-refractivity contribution < 1.29 is 4.79 Å². The molecule has 5 rings (SSSR count). The molecule has 3 aromatic carbocycles. The van der Waals surface area contributed by atoms with Gasteiger partial charge in [0.2, 0.25) is 0 Å². The number of hydrogen-bond donors (Lipinski definition) is 1. The predicted octanol–water partition coefficient (Wildman–Crippen LogP) is 6.32. The highest BCUT2D eigenvalue weighted by Gasteiger charge is 2.26. The standard InChI is InChI=1S/C28H30Cl2N4O/c1-3-7-26(34-16-14-33(15-17-34)25-11-6-9-22(29)27(25)30)31-28(35)19-12-13-24-21(18-19)20-8-4-5-10-23(20)32(24)2/h4-6,8-13,18,26H,3,7,14-17H2,1-2H3,(H,31,35). The molecule has 0 saturated carbocycles. The van der Waals surface area contributed by atoms with E-state index in [0.29, 0.717) is 15.6 Å². The summed E-state index contributed by atoms with van der Waals surface area (Å²) in [5.41, 5.74) is 3.96. The van der Waals surface area contributed by atoms with Crippen LogP contribution < -0.4 is 10.2 Å². The van der Waals surface area contributed by atoms with Crippen molar-refractivity contribution >= 4 is 56.6 Å². The van der Waals surface area contributed by atoms with E-state index in [1.807, 2.05) is 48.5 Å². The Bertz CT molecular complexity index is 1370. The van der Waals surface area contributed by atoms with E-state index in [2.05, 4.69) is 45.8 Å². The number of rotatable bonds is 6. The van der Waals surface area contributed by atoms with Gasteiger partial charge in [0.1, 0.15) is 0 Å². The molecule has 7 heteroatoms. The number of carbonyl (C=O) groups is 1. The number of halogens is 2. The Morgan fingerprint density at radius 2 is 1.69 bits per heavy atom. The van der Waals surface area contributed by atoms with Crippen LogP contribution >= 0.6 is 23.2 Å². The molecule has 1 amide bonds. The molecule has 1 aliphatic rings. The summed E-state index contributed by atoms with van der Waals surface area (Å²) in [6.07, 6.45) is 1.89. The van der Waals surface area contributed by atoms with E-state index in [9.17, 15) is 4.79 Å². The van der Waals surface area contributed by atoms with Crippen LogP contribution in [-0.2, 0) is 7.05 Å². The molecule has 4 aromatic rings. The fraction of sp³-hybridized carbons (Fsp3) is 0.321. The fourth-order valence-electron chi connectivity index (χ4n) is 5.17. The molecule has 5 nitrogen and oxygen atoms in total. The molecule has 1 atom stereocenters. The molecule has 1 saturated heterocycles. The molecule has 35 heavy (non-hydrogen) atoms. The van der Waals surface area contributed by atoms with Gasteiger partial charge in [0.05, 0.1) is 21.9 Å². The van der Waals surface area contributed by atoms with Crippen LogP contribution in [0.1, 0.15) is 30.1 Å². The first kappa shape index (κ1) is 24.0. The van der Waals surface area contributed by atoms with Gasteiger partial charge in [-0.05, 0) is 42.8 Å². The minimum atomic E-state index is -0.0291. The van der Waals surface area contributed by atoms with Gasteiger partial charge < -0.3 is 14.8 Å². The molecule has 182 valence electrons. The lowest BCUT2D eigenvalue weighted by molar-refractivity contribution is 0.0824. The molecule has 0 radical (unpaired) electrons. The molecular formula is C28H30Cl2N4O. The number of amides is 1. The zero-order chi connectivity index (χ0) is 24.5. The number of aryl methyl sites for hydroxylation is 1. The Labute approximate surface area is 216 Å². The quantitative estimate of drug-likeness (QED) is 0.331. The van der Waals surface area contributed by atoms with Crippen molar-refractivity contribution in [3.05, 3.63) is 76.3 Å². The van der Waals surface area contributed by atoms with Crippen LogP contribution in [0.4, 0.5) is 5.69 Å². The highest BCUT2D eigenvalue weighted by atomic mass is 35.5. The van der Waals surface area contributed by atoms with Crippen LogP contribution in [0.15, 0.2) is 60.7 Å². The number of para-hydroxylation sites is 1. The summed E-state index contributed by atoms with van der Waals surface area (Å²) in [5.74, 6) is -0.0291. The second-order valence-corrected chi connectivity index (χ2v) is 9.97. The average molecular weight is 509 g/mol. The number of carbonyl (C=O) groups excluding carboxylic acids is 1. The highest BCUT2D eigenvalue weighted by Crippen LogP contribution is 2.33. The number of aromatic nitrogens is 1. The summed E-state index contributed by atoms with van der Waals surface area (Å²) in [4.78, 5) is 18.0.